The van der Waals surface area contributed by atoms with Gasteiger partial charge >= 0.3 is 0 Å². The lowest BCUT2D eigenvalue weighted by molar-refractivity contribution is 0.0954. The monoisotopic (exact) mass is 366 g/mol. The van der Waals surface area contributed by atoms with Crippen molar-refractivity contribution in [2.75, 3.05) is 19.6 Å². The number of hydrogen-bond donors (Lipinski definition) is 2. The molecule has 1 amide bonds. The summed E-state index contributed by atoms with van der Waals surface area (Å²) in [5.74, 6) is -0.121. The Labute approximate surface area is 120 Å². The van der Waals surface area contributed by atoms with Crippen molar-refractivity contribution < 1.29 is 4.79 Å². The Hall–Kier alpha value is -0.330. The van der Waals surface area contributed by atoms with E-state index in [1.807, 2.05) is 6.07 Å². The van der Waals surface area contributed by atoms with Crippen LogP contribution in [0.5, 0.6) is 0 Å². The molecule has 17 heavy (non-hydrogen) atoms. The van der Waals surface area contributed by atoms with Crippen molar-refractivity contribution in [1.29, 1.82) is 0 Å². The molecule has 0 unspecified atom stereocenters. The number of hydrogen-bond acceptors (Lipinski definition) is 2. The van der Waals surface area contributed by atoms with Crippen molar-refractivity contribution in [1.82, 2.24) is 10.6 Å². The Kier molecular flexibility index (Phi) is 6.84. The Balaban J connectivity index is 2.42. The molecular weight excluding hydrogens is 351 g/mol. The highest BCUT2D eigenvalue weighted by atomic mass is 127. The van der Waals surface area contributed by atoms with Gasteiger partial charge in [-0.05, 0) is 53.8 Å². The molecule has 94 valence electrons. The first-order chi connectivity index (χ1) is 8.15. The van der Waals surface area contributed by atoms with Gasteiger partial charge in [0.2, 0.25) is 0 Å². The molecule has 0 aromatic heterocycles. The van der Waals surface area contributed by atoms with Crippen molar-refractivity contribution >= 4 is 40.1 Å². The average Bonchev–Trinajstić information content (AvgIpc) is 2.28. The second-order valence-corrected chi connectivity index (χ2v) is 5.28. The van der Waals surface area contributed by atoms with Crippen molar-refractivity contribution in [3.8, 4) is 0 Å². The van der Waals surface area contributed by atoms with Gasteiger partial charge in [-0.1, -0.05) is 18.5 Å². The summed E-state index contributed by atoms with van der Waals surface area (Å²) in [6.45, 7) is 4.47. The molecule has 2 N–H and O–H groups in total. The minimum absolute atomic E-state index is 0.121. The Morgan fingerprint density at radius 3 is 2.76 bits per heavy atom. The van der Waals surface area contributed by atoms with Gasteiger partial charge in [-0.15, -0.1) is 0 Å². The summed E-state index contributed by atoms with van der Waals surface area (Å²) in [4.78, 5) is 11.8. The van der Waals surface area contributed by atoms with E-state index in [-0.39, 0.29) is 5.91 Å². The first-order valence-electron chi connectivity index (χ1n) is 5.59. The predicted octanol–water partition coefficient (Wildman–Crippen LogP) is 2.67. The predicted molar refractivity (Wildman–Crippen MR) is 79.7 cm³/mol. The number of benzene rings is 1. The molecule has 0 heterocycles. The summed E-state index contributed by atoms with van der Waals surface area (Å²) in [5, 5.41) is 6.54. The third kappa shape index (κ3) is 5.23. The highest BCUT2D eigenvalue weighted by Crippen LogP contribution is 2.18. The number of carbonyl (C=O) groups excluding carboxylic acids is 1. The fraction of sp³-hybridized carbons (Fsp3) is 0.417. The average molecular weight is 367 g/mol. The Bertz CT molecular complexity index is 385. The van der Waals surface area contributed by atoms with Crippen LogP contribution in [0.4, 0.5) is 0 Å². The van der Waals surface area contributed by atoms with E-state index >= 15 is 0 Å². The molecule has 0 saturated carbocycles. The topological polar surface area (TPSA) is 41.1 Å². The molecule has 0 aliphatic carbocycles. The molecule has 0 radical (unpaired) electrons. The first kappa shape index (κ1) is 14.7. The third-order valence-corrected chi connectivity index (χ3v) is 3.17. The second-order valence-electron chi connectivity index (χ2n) is 3.63. The lowest BCUT2D eigenvalue weighted by Gasteiger charge is -2.07. The number of nitrogens with one attached hydrogen (secondary N) is 2. The summed E-state index contributed by atoms with van der Waals surface area (Å²) in [6.07, 6.45) is 1.09. The van der Waals surface area contributed by atoms with Gasteiger partial charge in [-0.2, -0.15) is 0 Å². The van der Waals surface area contributed by atoms with E-state index in [9.17, 15) is 4.79 Å². The van der Waals surface area contributed by atoms with Gasteiger partial charge in [-0.3, -0.25) is 4.79 Å². The van der Waals surface area contributed by atoms with Crippen LogP contribution < -0.4 is 10.6 Å². The van der Waals surface area contributed by atoms with Crippen molar-refractivity contribution in [2.24, 2.45) is 0 Å². The second kappa shape index (κ2) is 7.89. The lowest BCUT2D eigenvalue weighted by atomic mass is 10.2. The lowest BCUT2D eigenvalue weighted by Crippen LogP contribution is -2.32. The Morgan fingerprint density at radius 1 is 1.35 bits per heavy atom. The smallest absolute Gasteiger partial charge is 0.252 e. The van der Waals surface area contributed by atoms with E-state index in [0.717, 1.165) is 23.1 Å². The van der Waals surface area contributed by atoms with E-state index in [0.29, 0.717) is 17.1 Å². The van der Waals surface area contributed by atoms with Crippen LogP contribution in [0.3, 0.4) is 0 Å². The molecule has 1 aromatic carbocycles. The molecule has 3 nitrogen and oxygen atoms in total. The van der Waals surface area contributed by atoms with Gasteiger partial charge in [0.05, 0.1) is 10.6 Å². The number of carbonyl (C=O) groups is 1. The van der Waals surface area contributed by atoms with Gasteiger partial charge in [-0.25, -0.2) is 0 Å². The van der Waals surface area contributed by atoms with Crippen molar-refractivity contribution in [2.45, 2.75) is 13.3 Å². The van der Waals surface area contributed by atoms with Gasteiger partial charge in [0.1, 0.15) is 0 Å². The standard InChI is InChI=1S/C12H16ClIN2O/c1-2-5-15-6-7-16-12(17)10-4-3-9(14)8-11(10)13/h3-4,8,15H,2,5-7H2,1H3,(H,16,17). The zero-order valence-electron chi connectivity index (χ0n) is 9.72. The SMILES string of the molecule is CCCNCCNC(=O)c1ccc(I)cc1Cl. The van der Waals surface area contributed by atoms with Crippen molar-refractivity contribution in [3.05, 3.63) is 32.4 Å². The molecular formula is C12H16ClIN2O. The van der Waals surface area contributed by atoms with Crippen molar-refractivity contribution in [3.63, 3.8) is 0 Å². The van der Waals surface area contributed by atoms with Gasteiger partial charge in [0.25, 0.3) is 5.91 Å². The molecule has 0 aliphatic heterocycles. The maximum absolute atomic E-state index is 11.8. The van der Waals surface area contributed by atoms with Crippen LogP contribution >= 0.6 is 34.2 Å². The number of halogens is 2. The fourth-order valence-electron chi connectivity index (χ4n) is 1.34. The molecule has 1 aromatic rings. The molecule has 0 spiro atoms. The zero-order valence-corrected chi connectivity index (χ0v) is 12.6. The molecule has 5 heteroatoms. The fourth-order valence-corrected chi connectivity index (χ4v) is 2.28. The van der Waals surface area contributed by atoms with E-state index in [4.69, 9.17) is 11.6 Å². The van der Waals surface area contributed by atoms with Crippen LogP contribution in [0.15, 0.2) is 18.2 Å². The number of amides is 1. The van der Waals surface area contributed by atoms with E-state index in [1.54, 1.807) is 12.1 Å². The van der Waals surface area contributed by atoms with Gasteiger partial charge < -0.3 is 10.6 Å². The summed E-state index contributed by atoms with van der Waals surface area (Å²) in [6, 6.07) is 5.40. The van der Waals surface area contributed by atoms with Gasteiger partial charge in [0.15, 0.2) is 0 Å². The summed E-state index contributed by atoms with van der Waals surface area (Å²) in [7, 11) is 0. The molecule has 0 bridgehead atoms. The summed E-state index contributed by atoms with van der Waals surface area (Å²) >= 11 is 8.17. The zero-order chi connectivity index (χ0) is 12.7. The van der Waals surface area contributed by atoms with Crippen LogP contribution in [0, 0.1) is 3.57 Å². The van der Waals surface area contributed by atoms with Crippen LogP contribution in [-0.4, -0.2) is 25.5 Å². The van der Waals surface area contributed by atoms with Gasteiger partial charge in [0, 0.05) is 16.7 Å². The van der Waals surface area contributed by atoms with Crippen LogP contribution in [0.25, 0.3) is 0 Å². The Morgan fingerprint density at radius 2 is 2.12 bits per heavy atom. The maximum Gasteiger partial charge on any atom is 0.252 e. The van der Waals surface area contributed by atoms with E-state index < -0.39 is 0 Å². The molecule has 0 fully saturated rings. The van der Waals surface area contributed by atoms with E-state index in [2.05, 4.69) is 40.1 Å². The largest absolute Gasteiger partial charge is 0.351 e. The van der Waals surface area contributed by atoms with Crippen LogP contribution in [0.2, 0.25) is 5.02 Å². The minimum atomic E-state index is -0.121. The molecule has 1 rings (SSSR count). The molecule has 0 atom stereocenters. The first-order valence-corrected chi connectivity index (χ1v) is 7.04. The maximum atomic E-state index is 11.8. The minimum Gasteiger partial charge on any atom is -0.351 e. The highest BCUT2D eigenvalue weighted by molar-refractivity contribution is 14.1. The summed E-state index contributed by atoms with van der Waals surface area (Å²) < 4.78 is 1.02. The summed E-state index contributed by atoms with van der Waals surface area (Å²) in [5.41, 5.74) is 0.530. The molecule has 0 aliphatic rings. The highest BCUT2D eigenvalue weighted by Gasteiger charge is 2.09. The molecule has 0 saturated heterocycles. The normalized spacial score (nSPS) is 10.3. The van der Waals surface area contributed by atoms with Crippen LogP contribution in [0.1, 0.15) is 23.7 Å². The number of rotatable bonds is 6. The van der Waals surface area contributed by atoms with E-state index in [1.165, 1.54) is 0 Å². The quantitative estimate of drug-likeness (QED) is 0.600. The third-order valence-electron chi connectivity index (χ3n) is 2.19. The van der Waals surface area contributed by atoms with Crippen LogP contribution in [-0.2, 0) is 0 Å².